The van der Waals surface area contributed by atoms with Gasteiger partial charge in [0.2, 0.25) is 0 Å². The van der Waals surface area contributed by atoms with E-state index >= 15 is 0 Å². The van der Waals surface area contributed by atoms with Crippen molar-refractivity contribution in [2.45, 2.75) is 44.6 Å². The Labute approximate surface area is 142 Å². The lowest BCUT2D eigenvalue weighted by molar-refractivity contribution is 0.0240. The fourth-order valence-corrected chi connectivity index (χ4v) is 3.20. The van der Waals surface area contributed by atoms with Crippen molar-refractivity contribution in [1.29, 1.82) is 0 Å². The van der Waals surface area contributed by atoms with E-state index in [1.54, 1.807) is 6.20 Å². The molecule has 0 bridgehead atoms. The van der Waals surface area contributed by atoms with E-state index in [-0.39, 0.29) is 12.0 Å². The fraction of sp³-hybridized carbons (Fsp3) is 0.611. The molecule has 0 amide bonds. The summed E-state index contributed by atoms with van der Waals surface area (Å²) in [5, 5.41) is 20.1. The van der Waals surface area contributed by atoms with Crippen molar-refractivity contribution in [2.24, 2.45) is 5.41 Å². The van der Waals surface area contributed by atoms with Gasteiger partial charge in [-0.3, -0.25) is 0 Å². The fourth-order valence-electron chi connectivity index (χ4n) is 3.04. The van der Waals surface area contributed by atoms with Crippen LogP contribution in [-0.2, 0) is 0 Å². The van der Waals surface area contributed by atoms with Crippen LogP contribution in [0.1, 0.15) is 44.6 Å². The summed E-state index contributed by atoms with van der Waals surface area (Å²) in [5.41, 5.74) is 0.955. The zero-order valence-corrected chi connectivity index (χ0v) is 14.2. The predicted octanol–water partition coefficient (Wildman–Crippen LogP) is 2.60. The summed E-state index contributed by atoms with van der Waals surface area (Å²) < 4.78 is 0. The topological polar surface area (TPSA) is 56.6 Å². The molecule has 4 nitrogen and oxygen atoms in total. The Balaban J connectivity index is 1.83. The van der Waals surface area contributed by atoms with Crippen LogP contribution < -0.4 is 4.90 Å². The Morgan fingerprint density at radius 2 is 2.00 bits per heavy atom. The first-order valence-corrected chi connectivity index (χ1v) is 8.58. The largest absolute Gasteiger partial charge is 0.396 e. The number of hydrogen-bond donors (Lipinski definition) is 2. The molecule has 0 radical (unpaired) electrons. The summed E-state index contributed by atoms with van der Waals surface area (Å²) in [5.74, 6) is 6.10. The zero-order valence-electron chi connectivity index (χ0n) is 13.5. The molecule has 2 aliphatic rings. The number of aromatic nitrogens is 1. The maximum absolute atomic E-state index is 10.2. The first kappa shape index (κ1) is 16.6. The highest BCUT2D eigenvalue weighted by atomic mass is 35.5. The zero-order chi connectivity index (χ0) is 16.5. The molecule has 0 spiro atoms. The number of anilines is 1. The summed E-state index contributed by atoms with van der Waals surface area (Å²) in [6.45, 7) is 4.06. The Bertz CT molecular complexity index is 638. The lowest BCUT2D eigenvalue weighted by Crippen LogP contribution is -2.40. The number of halogens is 1. The van der Waals surface area contributed by atoms with Crippen molar-refractivity contribution < 1.29 is 10.2 Å². The second-order valence-corrected chi connectivity index (χ2v) is 7.50. The summed E-state index contributed by atoms with van der Waals surface area (Å²) in [6, 6.07) is 1.85. The minimum atomic E-state index is -0.825. The van der Waals surface area contributed by atoms with Crippen LogP contribution in [0.5, 0.6) is 0 Å². The van der Waals surface area contributed by atoms with Crippen LogP contribution in [0.25, 0.3) is 0 Å². The Kier molecular flexibility index (Phi) is 4.55. The monoisotopic (exact) mass is 334 g/mol. The van der Waals surface area contributed by atoms with Gasteiger partial charge in [0.25, 0.3) is 0 Å². The van der Waals surface area contributed by atoms with Crippen LogP contribution in [-0.4, -0.2) is 40.5 Å². The van der Waals surface area contributed by atoms with Gasteiger partial charge in [-0.15, -0.1) is 0 Å². The summed E-state index contributed by atoms with van der Waals surface area (Å²) in [4.78, 5) is 6.39. The van der Waals surface area contributed by atoms with E-state index in [2.05, 4.69) is 28.6 Å². The molecule has 2 heterocycles. The first-order valence-electron chi connectivity index (χ1n) is 8.20. The van der Waals surface area contributed by atoms with E-state index in [1.807, 2.05) is 6.07 Å². The molecule has 0 unspecified atom stereocenters. The van der Waals surface area contributed by atoms with Gasteiger partial charge in [-0.2, -0.15) is 0 Å². The highest BCUT2D eigenvalue weighted by Crippen LogP contribution is 2.34. The normalized spacial score (nSPS) is 22.0. The van der Waals surface area contributed by atoms with E-state index in [9.17, 15) is 10.2 Å². The van der Waals surface area contributed by atoms with Gasteiger partial charge in [0, 0.05) is 32.0 Å². The SMILES string of the molecule is CC1(CO)CCN(c2cc(Cl)ncc2C#CC2(O)CCC2)CC1. The standard InChI is InChI=1S/C18H23ClN2O2/c1-17(13-22)7-9-21(10-8-17)15-11-16(19)20-12-14(15)3-6-18(23)4-2-5-18/h11-12,22-23H,2,4-5,7-10,13H2,1H3. The first-order chi connectivity index (χ1) is 10.9. The van der Waals surface area contributed by atoms with Gasteiger partial charge in [0.15, 0.2) is 0 Å². The van der Waals surface area contributed by atoms with Crippen LogP contribution in [0.2, 0.25) is 5.15 Å². The predicted molar refractivity (Wildman–Crippen MR) is 91.6 cm³/mol. The highest BCUT2D eigenvalue weighted by Gasteiger charge is 2.32. The maximum Gasteiger partial charge on any atom is 0.131 e. The van der Waals surface area contributed by atoms with Crippen LogP contribution >= 0.6 is 11.6 Å². The van der Waals surface area contributed by atoms with Gasteiger partial charge in [-0.1, -0.05) is 30.4 Å². The molecule has 1 aromatic heterocycles. The molecule has 23 heavy (non-hydrogen) atoms. The molecule has 3 rings (SSSR count). The van der Waals surface area contributed by atoms with Crippen LogP contribution in [0, 0.1) is 17.3 Å². The van der Waals surface area contributed by atoms with Gasteiger partial charge in [-0.25, -0.2) is 4.98 Å². The summed E-state index contributed by atoms with van der Waals surface area (Å²) >= 11 is 6.07. The van der Waals surface area contributed by atoms with Crippen LogP contribution in [0.4, 0.5) is 5.69 Å². The molecule has 2 N–H and O–H groups in total. The molecule has 1 aliphatic heterocycles. The molecule has 1 aromatic rings. The number of pyridine rings is 1. The van der Waals surface area contributed by atoms with Crippen molar-refractivity contribution in [2.75, 3.05) is 24.6 Å². The number of aliphatic hydroxyl groups excluding tert-OH is 1. The van der Waals surface area contributed by atoms with Gasteiger partial charge in [0.1, 0.15) is 10.8 Å². The van der Waals surface area contributed by atoms with E-state index < -0.39 is 5.60 Å². The number of piperidine rings is 1. The van der Waals surface area contributed by atoms with E-state index in [1.165, 1.54) is 0 Å². The van der Waals surface area contributed by atoms with E-state index in [0.717, 1.165) is 56.4 Å². The Morgan fingerprint density at radius 1 is 1.30 bits per heavy atom. The molecule has 0 aromatic carbocycles. The van der Waals surface area contributed by atoms with Crippen molar-refractivity contribution >= 4 is 17.3 Å². The van der Waals surface area contributed by atoms with Crippen LogP contribution in [0.15, 0.2) is 12.3 Å². The molecule has 0 atom stereocenters. The summed E-state index contributed by atoms with van der Waals surface area (Å²) in [6.07, 6.45) is 6.07. The molecule has 1 saturated carbocycles. The van der Waals surface area contributed by atoms with Crippen molar-refractivity contribution in [3.63, 3.8) is 0 Å². The third-order valence-corrected chi connectivity index (χ3v) is 5.36. The second kappa shape index (κ2) is 6.32. The number of aliphatic hydroxyl groups is 2. The average Bonchev–Trinajstić information content (AvgIpc) is 2.53. The molecule has 1 aliphatic carbocycles. The minimum absolute atomic E-state index is 0.000252. The molecular formula is C18H23ClN2O2. The smallest absolute Gasteiger partial charge is 0.131 e. The molecule has 124 valence electrons. The second-order valence-electron chi connectivity index (χ2n) is 7.12. The third kappa shape index (κ3) is 3.63. The van der Waals surface area contributed by atoms with Gasteiger partial charge in [0.05, 0.1) is 11.3 Å². The Morgan fingerprint density at radius 3 is 2.57 bits per heavy atom. The number of rotatable bonds is 2. The summed E-state index contributed by atoms with van der Waals surface area (Å²) in [7, 11) is 0. The van der Waals surface area contributed by atoms with Crippen molar-refractivity contribution in [3.8, 4) is 11.8 Å². The lowest BCUT2D eigenvalue weighted by Gasteiger charge is -2.39. The molecular weight excluding hydrogens is 312 g/mol. The molecule has 1 saturated heterocycles. The number of nitrogens with zero attached hydrogens (tertiary/aromatic N) is 2. The quantitative estimate of drug-likeness (QED) is 0.645. The van der Waals surface area contributed by atoms with Gasteiger partial charge < -0.3 is 15.1 Å². The number of hydrogen-bond acceptors (Lipinski definition) is 4. The van der Waals surface area contributed by atoms with Crippen molar-refractivity contribution in [1.82, 2.24) is 4.98 Å². The highest BCUT2D eigenvalue weighted by molar-refractivity contribution is 6.29. The van der Waals surface area contributed by atoms with Crippen LogP contribution in [0.3, 0.4) is 0 Å². The third-order valence-electron chi connectivity index (χ3n) is 5.15. The lowest BCUT2D eigenvalue weighted by atomic mass is 9.80. The average molecular weight is 335 g/mol. The molecule has 2 fully saturated rings. The van der Waals surface area contributed by atoms with Gasteiger partial charge in [-0.05, 0) is 37.5 Å². The Hall–Kier alpha value is -1.28. The maximum atomic E-state index is 10.2. The van der Waals surface area contributed by atoms with E-state index in [4.69, 9.17) is 11.6 Å². The van der Waals surface area contributed by atoms with E-state index in [0.29, 0.717) is 5.15 Å². The minimum Gasteiger partial charge on any atom is -0.396 e. The molecule has 5 heteroatoms. The van der Waals surface area contributed by atoms with Crippen molar-refractivity contribution in [3.05, 3.63) is 23.0 Å². The van der Waals surface area contributed by atoms with Gasteiger partial charge >= 0.3 is 0 Å².